The molecule has 0 aromatic carbocycles. The third-order valence-electron chi connectivity index (χ3n) is 4.37. The second-order valence-corrected chi connectivity index (χ2v) is 5.40. The van der Waals surface area contributed by atoms with Crippen molar-refractivity contribution < 1.29 is 0 Å². The van der Waals surface area contributed by atoms with Gasteiger partial charge in [0.1, 0.15) is 0 Å². The lowest BCUT2D eigenvalue weighted by atomic mass is 9.83. The van der Waals surface area contributed by atoms with Crippen molar-refractivity contribution in [2.24, 2.45) is 11.7 Å². The lowest BCUT2D eigenvalue weighted by molar-refractivity contribution is 0.101. The van der Waals surface area contributed by atoms with Crippen LogP contribution in [0.1, 0.15) is 51.9 Å². The lowest BCUT2D eigenvalue weighted by Gasteiger charge is -2.41. The van der Waals surface area contributed by atoms with Gasteiger partial charge in [-0.05, 0) is 38.1 Å². The minimum atomic E-state index is 0.443. The van der Waals surface area contributed by atoms with Crippen LogP contribution in [0.3, 0.4) is 0 Å². The van der Waals surface area contributed by atoms with Gasteiger partial charge in [0, 0.05) is 18.6 Å². The molecular weight excluding hydrogens is 184 g/mol. The molecule has 2 nitrogen and oxygen atoms in total. The number of hydrogen-bond donors (Lipinski definition) is 1. The van der Waals surface area contributed by atoms with Crippen LogP contribution in [0.25, 0.3) is 0 Å². The minimum absolute atomic E-state index is 0.443. The van der Waals surface area contributed by atoms with E-state index in [9.17, 15) is 0 Å². The van der Waals surface area contributed by atoms with E-state index in [1.165, 1.54) is 58.0 Å². The lowest BCUT2D eigenvalue weighted by Crippen LogP contribution is -2.51. The monoisotopic (exact) mass is 210 g/mol. The highest BCUT2D eigenvalue weighted by Crippen LogP contribution is 2.29. The van der Waals surface area contributed by atoms with E-state index in [1.807, 2.05) is 0 Å². The van der Waals surface area contributed by atoms with E-state index >= 15 is 0 Å². The summed E-state index contributed by atoms with van der Waals surface area (Å²) >= 11 is 0. The molecule has 2 heteroatoms. The average molecular weight is 210 g/mol. The first kappa shape index (κ1) is 11.4. The molecule has 2 aliphatic carbocycles. The third-order valence-corrected chi connectivity index (χ3v) is 4.37. The van der Waals surface area contributed by atoms with Crippen molar-refractivity contribution in [3.63, 3.8) is 0 Å². The van der Waals surface area contributed by atoms with Crippen molar-refractivity contribution in [3.05, 3.63) is 0 Å². The number of nitrogens with two attached hydrogens (primary N) is 1. The van der Waals surface area contributed by atoms with Crippen molar-refractivity contribution >= 4 is 0 Å². The number of hydrogen-bond acceptors (Lipinski definition) is 2. The van der Waals surface area contributed by atoms with Gasteiger partial charge in [-0.1, -0.05) is 26.2 Å². The van der Waals surface area contributed by atoms with E-state index in [1.54, 1.807) is 0 Å². The molecule has 0 aromatic heterocycles. The maximum absolute atomic E-state index is 6.25. The Morgan fingerprint density at radius 1 is 1.07 bits per heavy atom. The van der Waals surface area contributed by atoms with Crippen LogP contribution >= 0.6 is 0 Å². The summed E-state index contributed by atoms with van der Waals surface area (Å²) < 4.78 is 0. The summed E-state index contributed by atoms with van der Waals surface area (Å²) in [6, 6.07) is 1.13. The third kappa shape index (κ3) is 2.73. The highest BCUT2D eigenvalue weighted by Gasteiger charge is 2.29. The zero-order valence-electron chi connectivity index (χ0n) is 10.1. The summed E-state index contributed by atoms with van der Waals surface area (Å²) in [5.74, 6) is 0.985. The van der Waals surface area contributed by atoms with Crippen LogP contribution in [0.5, 0.6) is 0 Å². The van der Waals surface area contributed by atoms with Crippen LogP contribution in [0.15, 0.2) is 0 Å². The minimum Gasteiger partial charge on any atom is -0.326 e. The summed E-state index contributed by atoms with van der Waals surface area (Å²) in [5.41, 5.74) is 6.25. The molecule has 2 atom stereocenters. The molecule has 0 heterocycles. The van der Waals surface area contributed by atoms with E-state index in [2.05, 4.69) is 11.8 Å². The van der Waals surface area contributed by atoms with Gasteiger partial charge in [0.2, 0.25) is 0 Å². The standard InChI is InChI=1S/C13H26N2/c1-2-15(10-11-6-5-7-11)13-9-4-3-8-12(13)14/h11-13H,2-10,14H2,1H3. The van der Waals surface area contributed by atoms with Crippen molar-refractivity contribution in [1.82, 2.24) is 4.90 Å². The average Bonchev–Trinajstić information content (AvgIpc) is 2.19. The number of rotatable bonds is 4. The Kier molecular flexibility index (Phi) is 4.04. The molecule has 0 radical (unpaired) electrons. The molecule has 0 amide bonds. The molecule has 2 aliphatic rings. The smallest absolute Gasteiger partial charge is 0.0247 e. The predicted molar refractivity (Wildman–Crippen MR) is 64.8 cm³/mol. The highest BCUT2D eigenvalue weighted by atomic mass is 15.2. The number of nitrogens with zero attached hydrogens (tertiary/aromatic N) is 1. The Morgan fingerprint density at radius 2 is 1.80 bits per heavy atom. The molecule has 15 heavy (non-hydrogen) atoms. The van der Waals surface area contributed by atoms with Crippen LogP contribution in [0.2, 0.25) is 0 Å². The van der Waals surface area contributed by atoms with Gasteiger partial charge in [-0.3, -0.25) is 4.90 Å². The summed E-state index contributed by atoms with van der Waals surface area (Å²) in [7, 11) is 0. The Bertz CT molecular complexity index is 189. The molecule has 88 valence electrons. The van der Waals surface area contributed by atoms with Gasteiger partial charge in [-0.15, -0.1) is 0 Å². The highest BCUT2D eigenvalue weighted by molar-refractivity contribution is 4.87. The maximum atomic E-state index is 6.25. The Hall–Kier alpha value is -0.0800. The fraction of sp³-hybridized carbons (Fsp3) is 1.00. The fourth-order valence-electron chi connectivity index (χ4n) is 3.10. The largest absolute Gasteiger partial charge is 0.326 e. The Morgan fingerprint density at radius 3 is 2.33 bits per heavy atom. The van der Waals surface area contributed by atoms with E-state index in [4.69, 9.17) is 5.73 Å². The molecule has 2 saturated carbocycles. The normalized spacial score (nSPS) is 33.0. The zero-order chi connectivity index (χ0) is 10.7. The van der Waals surface area contributed by atoms with E-state index in [0.29, 0.717) is 12.1 Å². The Balaban J connectivity index is 1.85. The second-order valence-electron chi connectivity index (χ2n) is 5.40. The SMILES string of the molecule is CCN(CC1CCC1)C1CCCCC1N. The van der Waals surface area contributed by atoms with Gasteiger partial charge in [-0.2, -0.15) is 0 Å². The molecule has 0 saturated heterocycles. The van der Waals surface area contributed by atoms with Crippen LogP contribution in [-0.4, -0.2) is 30.1 Å². The molecule has 0 bridgehead atoms. The summed E-state index contributed by atoms with van der Waals surface area (Å²) in [5, 5.41) is 0. The first-order chi connectivity index (χ1) is 7.31. The van der Waals surface area contributed by atoms with Gasteiger partial charge in [-0.25, -0.2) is 0 Å². The van der Waals surface area contributed by atoms with Crippen LogP contribution < -0.4 is 5.73 Å². The first-order valence-corrected chi connectivity index (χ1v) is 6.81. The topological polar surface area (TPSA) is 29.3 Å². The molecule has 0 aliphatic heterocycles. The molecule has 2 N–H and O–H groups in total. The molecule has 0 aromatic rings. The van der Waals surface area contributed by atoms with Crippen LogP contribution in [0, 0.1) is 5.92 Å². The van der Waals surface area contributed by atoms with Crippen molar-refractivity contribution in [3.8, 4) is 0 Å². The summed E-state index contributed by atoms with van der Waals surface area (Å²) in [4.78, 5) is 2.66. The van der Waals surface area contributed by atoms with Gasteiger partial charge in [0.15, 0.2) is 0 Å². The number of likely N-dealkylation sites (N-methyl/N-ethyl adjacent to an activating group) is 1. The Labute approximate surface area is 94.2 Å². The molecule has 2 fully saturated rings. The summed E-state index contributed by atoms with van der Waals surface area (Å²) in [6.45, 7) is 4.80. The van der Waals surface area contributed by atoms with Crippen molar-refractivity contribution in [1.29, 1.82) is 0 Å². The molecule has 0 spiro atoms. The summed E-state index contributed by atoms with van der Waals surface area (Å²) in [6.07, 6.45) is 9.68. The van der Waals surface area contributed by atoms with Crippen molar-refractivity contribution in [2.45, 2.75) is 64.0 Å². The zero-order valence-corrected chi connectivity index (χ0v) is 10.1. The van der Waals surface area contributed by atoms with E-state index in [-0.39, 0.29) is 0 Å². The maximum Gasteiger partial charge on any atom is 0.0247 e. The fourth-order valence-corrected chi connectivity index (χ4v) is 3.10. The van der Waals surface area contributed by atoms with Gasteiger partial charge in [0.25, 0.3) is 0 Å². The molecule has 2 unspecified atom stereocenters. The van der Waals surface area contributed by atoms with Gasteiger partial charge < -0.3 is 5.73 Å². The molecular formula is C13H26N2. The first-order valence-electron chi connectivity index (χ1n) is 6.81. The van der Waals surface area contributed by atoms with Crippen molar-refractivity contribution in [2.75, 3.05) is 13.1 Å². The molecule has 2 rings (SSSR count). The van der Waals surface area contributed by atoms with Gasteiger partial charge >= 0.3 is 0 Å². The van der Waals surface area contributed by atoms with Crippen LogP contribution in [0.4, 0.5) is 0 Å². The van der Waals surface area contributed by atoms with Gasteiger partial charge in [0.05, 0.1) is 0 Å². The van der Waals surface area contributed by atoms with E-state index in [0.717, 1.165) is 5.92 Å². The van der Waals surface area contributed by atoms with Crippen LogP contribution in [-0.2, 0) is 0 Å². The quantitative estimate of drug-likeness (QED) is 0.772. The van der Waals surface area contributed by atoms with E-state index < -0.39 is 0 Å². The second kappa shape index (κ2) is 5.31. The predicted octanol–water partition coefficient (Wildman–Crippen LogP) is 2.38.